The van der Waals surface area contributed by atoms with Crippen LogP contribution < -0.4 is 5.32 Å². The largest absolute Gasteiger partial charge is 0.310 e. The number of aryl methyl sites for hydroxylation is 1. The van der Waals surface area contributed by atoms with Crippen molar-refractivity contribution in [3.05, 3.63) is 34.1 Å². The van der Waals surface area contributed by atoms with Crippen molar-refractivity contribution in [2.24, 2.45) is 5.92 Å². The van der Waals surface area contributed by atoms with E-state index in [1.807, 2.05) is 6.07 Å². The molecule has 0 saturated heterocycles. The van der Waals surface area contributed by atoms with E-state index in [0.29, 0.717) is 16.5 Å². The van der Waals surface area contributed by atoms with Gasteiger partial charge in [-0.2, -0.15) is 0 Å². The Balaban J connectivity index is 3.07. The van der Waals surface area contributed by atoms with Crippen LogP contribution in [0.5, 0.6) is 0 Å². The van der Waals surface area contributed by atoms with E-state index in [1.165, 1.54) is 6.07 Å². The van der Waals surface area contributed by atoms with Crippen molar-refractivity contribution in [1.29, 1.82) is 0 Å². The molecule has 1 aromatic rings. The Morgan fingerprint density at radius 2 is 2.00 bits per heavy atom. The van der Waals surface area contributed by atoms with Gasteiger partial charge in [0.1, 0.15) is 5.82 Å². The van der Waals surface area contributed by atoms with Crippen molar-refractivity contribution in [3.8, 4) is 0 Å². The molecule has 0 saturated carbocycles. The van der Waals surface area contributed by atoms with E-state index in [2.05, 4.69) is 26.1 Å². The number of nitrogens with one attached hydrogen (secondary N) is 1. The Morgan fingerprint density at radius 1 is 1.33 bits per heavy atom. The van der Waals surface area contributed by atoms with Crippen LogP contribution in [0.3, 0.4) is 0 Å². The third kappa shape index (κ3) is 3.69. The SMILES string of the molecule is CCCNC(c1cc(C)c(F)cc1Cl)C(C)CC. The molecule has 1 aromatic carbocycles. The second-order valence-corrected chi connectivity index (χ2v) is 5.35. The molecule has 102 valence electrons. The minimum Gasteiger partial charge on any atom is -0.310 e. The topological polar surface area (TPSA) is 12.0 Å². The minimum absolute atomic E-state index is 0.196. The van der Waals surface area contributed by atoms with Gasteiger partial charge in [0.25, 0.3) is 0 Å². The van der Waals surface area contributed by atoms with Crippen LogP contribution in [0.2, 0.25) is 5.02 Å². The number of halogens is 2. The lowest BCUT2D eigenvalue weighted by Crippen LogP contribution is -2.28. The first-order chi connectivity index (χ1) is 8.51. The average molecular weight is 272 g/mol. The van der Waals surface area contributed by atoms with Gasteiger partial charge in [-0.3, -0.25) is 0 Å². The summed E-state index contributed by atoms with van der Waals surface area (Å²) in [7, 11) is 0. The highest BCUT2D eigenvalue weighted by Gasteiger charge is 2.20. The fourth-order valence-corrected chi connectivity index (χ4v) is 2.34. The summed E-state index contributed by atoms with van der Waals surface area (Å²) in [5.74, 6) is 0.237. The summed E-state index contributed by atoms with van der Waals surface area (Å²) >= 11 is 6.20. The summed E-state index contributed by atoms with van der Waals surface area (Å²) in [5.41, 5.74) is 1.67. The van der Waals surface area contributed by atoms with Crippen LogP contribution in [0.4, 0.5) is 4.39 Å². The molecular weight excluding hydrogens is 249 g/mol. The third-order valence-electron chi connectivity index (χ3n) is 3.44. The quantitative estimate of drug-likeness (QED) is 0.778. The summed E-state index contributed by atoms with van der Waals surface area (Å²) in [5, 5.41) is 4.04. The second-order valence-electron chi connectivity index (χ2n) is 4.94. The number of hydrogen-bond acceptors (Lipinski definition) is 1. The van der Waals surface area contributed by atoms with Gasteiger partial charge in [0.05, 0.1) is 0 Å². The maximum atomic E-state index is 13.5. The van der Waals surface area contributed by atoms with Gasteiger partial charge in [0.15, 0.2) is 0 Å². The van der Waals surface area contributed by atoms with Crippen molar-refractivity contribution in [1.82, 2.24) is 5.32 Å². The molecule has 0 fully saturated rings. The number of rotatable bonds is 6. The zero-order valence-corrected chi connectivity index (χ0v) is 12.4. The monoisotopic (exact) mass is 271 g/mol. The molecule has 1 nitrogen and oxygen atoms in total. The van der Waals surface area contributed by atoms with E-state index in [-0.39, 0.29) is 11.9 Å². The van der Waals surface area contributed by atoms with E-state index in [9.17, 15) is 4.39 Å². The average Bonchev–Trinajstić information content (AvgIpc) is 2.35. The van der Waals surface area contributed by atoms with Gasteiger partial charge in [0.2, 0.25) is 0 Å². The maximum absolute atomic E-state index is 13.5. The van der Waals surface area contributed by atoms with Crippen molar-refractivity contribution in [2.45, 2.75) is 46.6 Å². The minimum atomic E-state index is -0.234. The molecule has 0 aliphatic rings. The highest BCUT2D eigenvalue weighted by molar-refractivity contribution is 6.31. The molecule has 0 radical (unpaired) electrons. The Morgan fingerprint density at radius 3 is 2.56 bits per heavy atom. The molecule has 0 amide bonds. The summed E-state index contributed by atoms with van der Waals surface area (Å²) in [6.45, 7) is 9.22. The van der Waals surface area contributed by atoms with Crippen LogP contribution in [0, 0.1) is 18.7 Å². The van der Waals surface area contributed by atoms with Gasteiger partial charge >= 0.3 is 0 Å². The number of benzene rings is 1. The molecular formula is C15H23ClFN. The lowest BCUT2D eigenvalue weighted by atomic mass is 9.91. The van der Waals surface area contributed by atoms with Crippen LogP contribution >= 0.6 is 11.6 Å². The molecule has 0 aliphatic carbocycles. The fourth-order valence-electron chi connectivity index (χ4n) is 2.07. The lowest BCUT2D eigenvalue weighted by Gasteiger charge is -2.26. The van der Waals surface area contributed by atoms with Crippen LogP contribution in [0.25, 0.3) is 0 Å². The van der Waals surface area contributed by atoms with Gasteiger partial charge in [-0.15, -0.1) is 0 Å². The molecule has 2 unspecified atom stereocenters. The predicted octanol–water partition coefficient (Wildman–Crippen LogP) is 4.87. The van der Waals surface area contributed by atoms with Gasteiger partial charge in [-0.1, -0.05) is 44.9 Å². The van der Waals surface area contributed by atoms with Gasteiger partial charge in [-0.05, 0) is 43.0 Å². The Labute approximate surface area is 115 Å². The van der Waals surface area contributed by atoms with Crippen molar-refractivity contribution < 1.29 is 4.39 Å². The normalized spacial score (nSPS) is 14.6. The zero-order chi connectivity index (χ0) is 13.7. The van der Waals surface area contributed by atoms with E-state index >= 15 is 0 Å². The van der Waals surface area contributed by atoms with E-state index in [0.717, 1.165) is 24.9 Å². The third-order valence-corrected chi connectivity index (χ3v) is 3.77. The molecule has 1 rings (SSSR count). The molecule has 0 aliphatic heterocycles. The van der Waals surface area contributed by atoms with E-state index < -0.39 is 0 Å². The zero-order valence-electron chi connectivity index (χ0n) is 11.7. The molecule has 1 N–H and O–H groups in total. The molecule has 2 atom stereocenters. The lowest BCUT2D eigenvalue weighted by molar-refractivity contribution is 0.377. The molecule has 0 spiro atoms. The van der Waals surface area contributed by atoms with Crippen molar-refractivity contribution >= 4 is 11.6 Å². The van der Waals surface area contributed by atoms with Crippen molar-refractivity contribution in [3.63, 3.8) is 0 Å². The first-order valence-corrected chi connectivity index (χ1v) is 7.07. The van der Waals surface area contributed by atoms with Gasteiger partial charge < -0.3 is 5.32 Å². The highest BCUT2D eigenvalue weighted by atomic mass is 35.5. The molecule has 18 heavy (non-hydrogen) atoms. The number of hydrogen-bond donors (Lipinski definition) is 1. The van der Waals surface area contributed by atoms with Crippen LogP contribution in [0.1, 0.15) is 50.8 Å². The predicted molar refractivity (Wildman–Crippen MR) is 76.6 cm³/mol. The standard InChI is InChI=1S/C15H23ClFN/c1-5-7-18-15(10(3)6-2)12-8-11(4)14(17)9-13(12)16/h8-10,15,18H,5-7H2,1-4H3. The maximum Gasteiger partial charge on any atom is 0.127 e. The van der Waals surface area contributed by atoms with E-state index in [1.54, 1.807) is 6.92 Å². The Hall–Kier alpha value is -0.600. The first-order valence-electron chi connectivity index (χ1n) is 6.70. The summed E-state index contributed by atoms with van der Waals surface area (Å²) in [6, 6.07) is 3.49. The highest BCUT2D eigenvalue weighted by Crippen LogP contribution is 2.31. The molecule has 0 heterocycles. The van der Waals surface area contributed by atoms with Crippen LogP contribution in [-0.2, 0) is 0 Å². The summed E-state index contributed by atoms with van der Waals surface area (Å²) < 4.78 is 13.5. The van der Waals surface area contributed by atoms with E-state index in [4.69, 9.17) is 11.6 Å². The van der Waals surface area contributed by atoms with Gasteiger partial charge in [-0.25, -0.2) is 4.39 Å². The van der Waals surface area contributed by atoms with Crippen LogP contribution in [-0.4, -0.2) is 6.54 Å². The summed E-state index contributed by atoms with van der Waals surface area (Å²) in [4.78, 5) is 0. The fraction of sp³-hybridized carbons (Fsp3) is 0.600. The Kier molecular flexibility index (Phi) is 6.10. The smallest absolute Gasteiger partial charge is 0.127 e. The van der Waals surface area contributed by atoms with Crippen molar-refractivity contribution in [2.75, 3.05) is 6.54 Å². The second kappa shape index (κ2) is 7.10. The Bertz CT molecular complexity index is 392. The molecule has 3 heteroatoms. The molecule has 0 aromatic heterocycles. The first kappa shape index (κ1) is 15.5. The summed E-state index contributed by atoms with van der Waals surface area (Å²) in [6.07, 6.45) is 2.14. The van der Waals surface area contributed by atoms with Crippen LogP contribution in [0.15, 0.2) is 12.1 Å². The molecule has 0 bridgehead atoms. The van der Waals surface area contributed by atoms with Gasteiger partial charge in [0, 0.05) is 11.1 Å².